The van der Waals surface area contributed by atoms with Gasteiger partial charge in [0, 0.05) is 25.1 Å². The maximum atomic E-state index is 11.9. The maximum Gasteiger partial charge on any atom is 0.337 e. The van der Waals surface area contributed by atoms with Crippen molar-refractivity contribution in [3.05, 3.63) is 59.0 Å². The molecular weight excluding hydrogens is 380 g/mol. The van der Waals surface area contributed by atoms with E-state index in [0.717, 1.165) is 22.7 Å². The van der Waals surface area contributed by atoms with Crippen molar-refractivity contribution in [2.45, 2.75) is 26.3 Å². The van der Waals surface area contributed by atoms with E-state index in [4.69, 9.17) is 24.4 Å². The highest BCUT2D eigenvalue weighted by molar-refractivity contribution is 6.12. The second-order valence-corrected chi connectivity index (χ2v) is 7.50. The summed E-state index contributed by atoms with van der Waals surface area (Å²) in [4.78, 5) is 28.5. The first-order valence-corrected chi connectivity index (χ1v) is 9.80. The van der Waals surface area contributed by atoms with Gasteiger partial charge < -0.3 is 14.4 Å². The van der Waals surface area contributed by atoms with E-state index < -0.39 is 5.97 Å². The zero-order valence-electron chi connectivity index (χ0n) is 17.8. The van der Waals surface area contributed by atoms with Gasteiger partial charge in [-0.1, -0.05) is 0 Å². The first-order chi connectivity index (χ1) is 14.4. The van der Waals surface area contributed by atoms with Crippen LogP contribution in [0.25, 0.3) is 16.7 Å². The Morgan fingerprint density at radius 1 is 1.13 bits per heavy atom. The fourth-order valence-corrected chi connectivity index (χ4v) is 3.39. The molecule has 0 saturated carbocycles. The van der Waals surface area contributed by atoms with Gasteiger partial charge in [0.25, 0.3) is 0 Å². The van der Waals surface area contributed by atoms with Crippen LogP contribution in [0.2, 0.25) is 0 Å². The fourth-order valence-electron chi connectivity index (χ4n) is 3.39. The first-order valence-electron chi connectivity index (χ1n) is 9.80. The second kappa shape index (κ2) is 7.74. The fraction of sp³-hybridized carbons (Fsp3) is 0.304. The van der Waals surface area contributed by atoms with Crippen LogP contribution in [-0.2, 0) is 9.47 Å². The number of hydrogen-bond acceptors (Lipinski definition) is 7. The molecular formula is C23H24N4O3. The van der Waals surface area contributed by atoms with Crippen LogP contribution in [0.4, 0.5) is 5.82 Å². The van der Waals surface area contributed by atoms with E-state index in [0.29, 0.717) is 34.5 Å². The van der Waals surface area contributed by atoms with Crippen LogP contribution in [0, 0.1) is 0 Å². The monoisotopic (exact) mass is 404 g/mol. The summed E-state index contributed by atoms with van der Waals surface area (Å²) >= 11 is 0. The number of aromatic nitrogens is 2. The number of carbonyl (C=O) groups is 1. The molecule has 1 aromatic carbocycles. The summed E-state index contributed by atoms with van der Waals surface area (Å²) in [6.45, 7) is 4.18. The van der Waals surface area contributed by atoms with Gasteiger partial charge in [-0.05, 0) is 50.3 Å². The molecule has 2 heterocycles. The molecule has 0 radical (unpaired) electrons. The Balaban J connectivity index is 1.86. The summed E-state index contributed by atoms with van der Waals surface area (Å²) in [5, 5.41) is 0. The Bertz CT molecular complexity index is 1160. The van der Waals surface area contributed by atoms with E-state index in [1.807, 2.05) is 25.3 Å². The van der Waals surface area contributed by atoms with Crippen molar-refractivity contribution in [3.8, 4) is 0 Å². The number of aliphatic imine (C=N–C) groups is 1. The molecule has 154 valence electrons. The number of nitrogens with zero attached hydrogens (tertiary/aromatic N) is 4. The molecule has 30 heavy (non-hydrogen) atoms. The molecule has 7 nitrogen and oxygen atoms in total. The predicted octanol–water partition coefficient (Wildman–Crippen LogP) is 3.92. The Kier molecular flexibility index (Phi) is 5.11. The van der Waals surface area contributed by atoms with Gasteiger partial charge in [0.2, 0.25) is 0 Å². The summed E-state index contributed by atoms with van der Waals surface area (Å²) in [6.07, 6.45) is 6.74. The van der Waals surface area contributed by atoms with Gasteiger partial charge in [0.15, 0.2) is 5.82 Å². The SMILES string of the molecule is COC(=O)c1ccc2nc(C3=CC4=CC(OC)=CCC4=N3)c(N(C)C(C)C)nc2c1. The van der Waals surface area contributed by atoms with E-state index in [9.17, 15) is 4.79 Å². The van der Waals surface area contributed by atoms with E-state index in [1.165, 1.54) is 7.11 Å². The maximum absolute atomic E-state index is 11.9. The number of rotatable bonds is 5. The molecule has 7 heteroatoms. The minimum Gasteiger partial charge on any atom is -0.497 e. The Hall–Kier alpha value is -3.48. The molecule has 0 N–H and O–H groups in total. The van der Waals surface area contributed by atoms with Crippen molar-refractivity contribution < 1.29 is 14.3 Å². The van der Waals surface area contributed by atoms with Crippen molar-refractivity contribution in [3.63, 3.8) is 0 Å². The van der Waals surface area contributed by atoms with Gasteiger partial charge >= 0.3 is 5.97 Å². The molecule has 0 unspecified atom stereocenters. The summed E-state index contributed by atoms with van der Waals surface area (Å²) in [7, 11) is 5.01. The minimum absolute atomic E-state index is 0.206. The van der Waals surface area contributed by atoms with Crippen molar-refractivity contribution in [1.29, 1.82) is 0 Å². The van der Waals surface area contributed by atoms with Crippen molar-refractivity contribution >= 4 is 34.2 Å². The third-order valence-electron chi connectivity index (χ3n) is 5.33. The molecule has 0 saturated heterocycles. The van der Waals surface area contributed by atoms with E-state index >= 15 is 0 Å². The van der Waals surface area contributed by atoms with Gasteiger partial charge in [-0.3, -0.25) is 4.99 Å². The molecule has 2 aliphatic rings. The van der Waals surface area contributed by atoms with Crippen LogP contribution in [-0.4, -0.2) is 49.0 Å². The number of esters is 1. The average Bonchev–Trinajstić information content (AvgIpc) is 3.19. The summed E-state index contributed by atoms with van der Waals surface area (Å²) < 4.78 is 10.2. The van der Waals surface area contributed by atoms with Gasteiger partial charge in [-0.25, -0.2) is 14.8 Å². The molecule has 2 aromatic rings. The number of carbonyl (C=O) groups excluding carboxylic acids is 1. The minimum atomic E-state index is -0.399. The van der Waals surface area contributed by atoms with Crippen LogP contribution in [0.15, 0.2) is 52.8 Å². The highest BCUT2D eigenvalue weighted by Gasteiger charge is 2.24. The van der Waals surface area contributed by atoms with E-state index in [2.05, 4.69) is 18.7 Å². The topological polar surface area (TPSA) is 76.9 Å². The molecule has 0 bridgehead atoms. The average molecular weight is 404 g/mol. The quantitative estimate of drug-likeness (QED) is 0.703. The Morgan fingerprint density at radius 3 is 2.63 bits per heavy atom. The second-order valence-electron chi connectivity index (χ2n) is 7.50. The van der Waals surface area contributed by atoms with Crippen molar-refractivity contribution in [2.24, 2.45) is 4.99 Å². The molecule has 4 rings (SSSR count). The molecule has 1 aromatic heterocycles. The van der Waals surface area contributed by atoms with Crippen molar-refractivity contribution in [1.82, 2.24) is 9.97 Å². The smallest absolute Gasteiger partial charge is 0.337 e. The third kappa shape index (κ3) is 3.47. The lowest BCUT2D eigenvalue weighted by atomic mass is 10.0. The Labute approximate surface area is 175 Å². The molecule has 1 aliphatic carbocycles. The molecule has 0 atom stereocenters. The number of benzene rings is 1. The van der Waals surface area contributed by atoms with E-state index in [1.54, 1.807) is 25.3 Å². The van der Waals surface area contributed by atoms with Crippen LogP contribution < -0.4 is 4.90 Å². The van der Waals surface area contributed by atoms with Gasteiger partial charge in [-0.2, -0.15) is 0 Å². The van der Waals surface area contributed by atoms with Crippen LogP contribution in [0.1, 0.15) is 36.3 Å². The van der Waals surface area contributed by atoms with Crippen molar-refractivity contribution in [2.75, 3.05) is 26.2 Å². The lowest BCUT2D eigenvalue weighted by Crippen LogP contribution is -2.28. The highest BCUT2D eigenvalue weighted by Crippen LogP contribution is 2.34. The number of allylic oxidation sites excluding steroid dienone is 4. The summed E-state index contributed by atoms with van der Waals surface area (Å²) in [6, 6.07) is 5.40. The number of methoxy groups -OCH3 is 2. The van der Waals surface area contributed by atoms with Crippen LogP contribution in [0.3, 0.4) is 0 Å². The zero-order valence-corrected chi connectivity index (χ0v) is 17.8. The number of anilines is 1. The lowest BCUT2D eigenvalue weighted by molar-refractivity contribution is 0.0601. The zero-order chi connectivity index (χ0) is 21.4. The lowest BCUT2D eigenvalue weighted by Gasteiger charge is -2.24. The molecule has 0 spiro atoms. The number of ether oxygens (including phenoxy) is 2. The largest absolute Gasteiger partial charge is 0.497 e. The summed E-state index contributed by atoms with van der Waals surface area (Å²) in [5.41, 5.74) is 5.29. The third-order valence-corrected chi connectivity index (χ3v) is 5.33. The predicted molar refractivity (Wildman–Crippen MR) is 118 cm³/mol. The van der Waals surface area contributed by atoms with Gasteiger partial charge in [-0.15, -0.1) is 0 Å². The number of fused-ring (bicyclic) bond motifs is 2. The normalized spacial score (nSPS) is 15.3. The van der Waals surface area contributed by atoms with Crippen LogP contribution >= 0.6 is 0 Å². The standard InChI is InChI=1S/C23H24N4O3/c1-13(2)27(3)22-21(20-12-15-10-16(29-4)7-9-17(15)24-20)25-18-8-6-14(23(28)30-5)11-19(18)26-22/h6-8,10-13H,9H2,1-5H3. The molecule has 0 amide bonds. The Morgan fingerprint density at radius 2 is 1.93 bits per heavy atom. The van der Waals surface area contributed by atoms with Crippen LogP contribution in [0.5, 0.6) is 0 Å². The molecule has 0 fully saturated rings. The van der Waals surface area contributed by atoms with E-state index in [-0.39, 0.29) is 6.04 Å². The van der Waals surface area contributed by atoms with Gasteiger partial charge in [0.05, 0.1) is 42.2 Å². The summed E-state index contributed by atoms with van der Waals surface area (Å²) in [5.74, 6) is 1.15. The molecule has 1 aliphatic heterocycles. The first kappa shape index (κ1) is 19.8. The highest BCUT2D eigenvalue weighted by atomic mass is 16.5. The van der Waals surface area contributed by atoms with Gasteiger partial charge in [0.1, 0.15) is 11.5 Å². The number of hydrogen-bond donors (Lipinski definition) is 0.